The number of rotatable bonds is 9. The Bertz CT molecular complexity index is 1080. The lowest BCUT2D eigenvalue weighted by atomic mass is 9.82. The molecule has 1 amide bonds. The van der Waals surface area contributed by atoms with Crippen molar-refractivity contribution in [3.63, 3.8) is 0 Å². The van der Waals surface area contributed by atoms with Crippen molar-refractivity contribution < 1.29 is 19.2 Å². The number of H-pyrrole nitrogens is 1. The number of carboxylic acid groups (broad SMARTS) is 1. The second-order valence-electron chi connectivity index (χ2n) is 8.99. The van der Waals surface area contributed by atoms with Crippen molar-refractivity contribution in [3.8, 4) is 0 Å². The minimum absolute atomic E-state index is 0.00963. The zero-order valence-corrected chi connectivity index (χ0v) is 19.4. The lowest BCUT2D eigenvalue weighted by molar-refractivity contribution is -0.946. The van der Waals surface area contributed by atoms with E-state index in [1.165, 1.54) is 5.56 Å². The van der Waals surface area contributed by atoms with Crippen molar-refractivity contribution in [1.82, 2.24) is 20.6 Å². The lowest BCUT2D eigenvalue weighted by Gasteiger charge is -2.51. The summed E-state index contributed by atoms with van der Waals surface area (Å²) >= 11 is 0. The number of likely N-dealkylation sites (tertiary alicyclic amines) is 1. The van der Waals surface area contributed by atoms with Gasteiger partial charge in [-0.3, -0.25) is 14.5 Å². The van der Waals surface area contributed by atoms with Crippen LogP contribution in [0.1, 0.15) is 44.0 Å². The molecule has 4 rings (SSSR count). The fraction of sp³-hybridized carbons (Fsp3) is 0.400. The number of hydrogen-bond acceptors (Lipinski definition) is 5. The van der Waals surface area contributed by atoms with Crippen LogP contribution in [0.25, 0.3) is 0 Å². The zero-order chi connectivity index (χ0) is 24.0. The van der Waals surface area contributed by atoms with Crippen molar-refractivity contribution in [1.29, 1.82) is 0 Å². The van der Waals surface area contributed by atoms with Crippen LogP contribution in [0.3, 0.4) is 0 Å². The molecule has 9 nitrogen and oxygen atoms in total. The molecule has 9 heteroatoms. The Morgan fingerprint density at radius 3 is 2.26 bits per heavy atom. The number of para-hydroxylation sites is 1. The average molecular weight is 464 g/mol. The van der Waals surface area contributed by atoms with Gasteiger partial charge in [-0.2, -0.15) is 5.21 Å². The normalized spacial score (nSPS) is 22.3. The molecule has 1 fully saturated rings. The molecular weight excluding hydrogens is 432 g/mol. The number of piperidine rings is 1. The van der Waals surface area contributed by atoms with Gasteiger partial charge < -0.3 is 9.59 Å². The molecule has 3 aromatic rings. The van der Waals surface area contributed by atoms with E-state index in [-0.39, 0.29) is 12.3 Å². The van der Waals surface area contributed by atoms with Gasteiger partial charge in [0.15, 0.2) is 0 Å². The second kappa shape index (κ2) is 10.1. The molecule has 34 heavy (non-hydrogen) atoms. The van der Waals surface area contributed by atoms with Gasteiger partial charge in [-0.05, 0) is 12.1 Å². The Kier molecular flexibility index (Phi) is 7.02. The van der Waals surface area contributed by atoms with Crippen LogP contribution in [0.5, 0.6) is 0 Å². The summed E-state index contributed by atoms with van der Waals surface area (Å²) < 4.78 is 0.638. The van der Waals surface area contributed by atoms with E-state index in [0.717, 1.165) is 12.2 Å². The number of nitrogens with one attached hydrogen (secondary N) is 1. The molecule has 1 saturated heterocycles. The van der Waals surface area contributed by atoms with E-state index in [2.05, 4.69) is 32.8 Å². The highest BCUT2D eigenvalue weighted by Crippen LogP contribution is 2.43. The first-order chi connectivity index (χ1) is 16.5. The molecule has 2 N–H and O–H groups in total. The summed E-state index contributed by atoms with van der Waals surface area (Å²) in [5.74, 6) is -0.314. The maximum atomic E-state index is 13.3. The number of amides is 1. The Balaban J connectivity index is 1.72. The summed E-state index contributed by atoms with van der Waals surface area (Å²) in [6.07, 6.45) is 1.63. The van der Waals surface area contributed by atoms with Crippen molar-refractivity contribution in [2.24, 2.45) is 0 Å². The number of nitrogens with zero attached hydrogens (tertiary/aromatic N) is 5. The largest absolute Gasteiger partial charge is 0.481 e. The fourth-order valence-corrected chi connectivity index (χ4v) is 5.12. The molecule has 0 saturated carbocycles. The van der Waals surface area contributed by atoms with Crippen LogP contribution in [0.4, 0.5) is 5.69 Å². The van der Waals surface area contributed by atoms with Crippen molar-refractivity contribution in [2.45, 2.75) is 44.7 Å². The molecule has 0 atom stereocenters. The summed E-state index contributed by atoms with van der Waals surface area (Å²) in [5, 5.41) is 24.5. The smallest absolute Gasteiger partial charge is 0.309 e. The predicted octanol–water partition coefficient (Wildman–Crippen LogP) is 3.12. The molecule has 1 aliphatic heterocycles. The van der Waals surface area contributed by atoms with Gasteiger partial charge in [0.05, 0.1) is 26.1 Å². The number of aliphatic carboxylic acids is 1. The first-order valence-corrected chi connectivity index (χ1v) is 11.7. The Hall–Kier alpha value is -3.59. The third-order valence-electron chi connectivity index (χ3n) is 6.92. The standard InChI is InChI=1S/C25H30N6O3/c1-2-22(32)30(21-11-7-4-8-12-21)25(24-26-28-29-27-24)14-17-31(18-15-25,16-13-23(33)34)19-20-9-5-3-6-10-20/h3-12H,2,13-19H2,1H3,(H-,26,27,28,29,33,34)/p+1. The van der Waals surface area contributed by atoms with E-state index in [4.69, 9.17) is 0 Å². The van der Waals surface area contributed by atoms with Crippen LogP contribution in [0.2, 0.25) is 0 Å². The van der Waals surface area contributed by atoms with Crippen LogP contribution in [0, 0.1) is 0 Å². The monoisotopic (exact) mass is 463 g/mol. The number of tetrazole rings is 1. The zero-order valence-electron chi connectivity index (χ0n) is 19.4. The maximum absolute atomic E-state index is 13.3. The van der Waals surface area contributed by atoms with Crippen LogP contribution in [-0.4, -0.2) is 61.7 Å². The molecule has 1 aliphatic rings. The van der Waals surface area contributed by atoms with Gasteiger partial charge in [0.1, 0.15) is 12.1 Å². The number of carbonyl (C=O) groups excluding carboxylic acids is 1. The summed E-state index contributed by atoms with van der Waals surface area (Å²) in [5.41, 5.74) is 1.21. The third kappa shape index (κ3) is 4.84. The molecule has 0 unspecified atom stereocenters. The van der Waals surface area contributed by atoms with Crippen molar-refractivity contribution in [3.05, 3.63) is 72.1 Å². The van der Waals surface area contributed by atoms with Gasteiger partial charge >= 0.3 is 5.97 Å². The molecule has 0 aliphatic carbocycles. The average Bonchev–Trinajstić information content (AvgIpc) is 3.41. The molecule has 0 radical (unpaired) electrons. The fourth-order valence-electron chi connectivity index (χ4n) is 5.12. The molecule has 2 aromatic carbocycles. The van der Waals surface area contributed by atoms with Crippen LogP contribution < -0.4 is 4.90 Å². The predicted molar refractivity (Wildman–Crippen MR) is 127 cm³/mol. The van der Waals surface area contributed by atoms with Gasteiger partial charge in [0.25, 0.3) is 0 Å². The topological polar surface area (TPSA) is 112 Å². The summed E-state index contributed by atoms with van der Waals surface area (Å²) in [7, 11) is 0. The summed E-state index contributed by atoms with van der Waals surface area (Å²) in [6.45, 7) is 4.50. The van der Waals surface area contributed by atoms with E-state index in [9.17, 15) is 14.7 Å². The van der Waals surface area contributed by atoms with E-state index >= 15 is 0 Å². The molecular formula is C25H31N6O3+. The highest BCUT2D eigenvalue weighted by Gasteiger charge is 2.52. The number of anilines is 1. The van der Waals surface area contributed by atoms with E-state index < -0.39 is 11.5 Å². The Labute approximate surface area is 199 Å². The van der Waals surface area contributed by atoms with Gasteiger partial charge in [-0.15, -0.1) is 10.2 Å². The number of quaternary nitrogens is 1. The van der Waals surface area contributed by atoms with Crippen molar-refractivity contribution >= 4 is 17.6 Å². The SMILES string of the molecule is CCC(=O)N(c1ccccc1)C1(c2nn[nH]n2)CC[N+](CCC(=O)O)(Cc2ccccc2)CC1. The third-order valence-corrected chi connectivity index (χ3v) is 6.92. The second-order valence-corrected chi connectivity index (χ2v) is 8.99. The molecule has 2 heterocycles. The Morgan fingerprint density at radius 2 is 1.71 bits per heavy atom. The molecule has 178 valence electrons. The number of benzene rings is 2. The van der Waals surface area contributed by atoms with Gasteiger partial charge in [-0.1, -0.05) is 60.7 Å². The first kappa shape index (κ1) is 23.6. The number of aromatic nitrogens is 4. The van der Waals surface area contributed by atoms with E-state index in [1.54, 1.807) is 0 Å². The minimum atomic E-state index is -0.798. The lowest BCUT2D eigenvalue weighted by Crippen LogP contribution is -2.62. The highest BCUT2D eigenvalue weighted by atomic mass is 16.4. The maximum Gasteiger partial charge on any atom is 0.309 e. The molecule has 0 spiro atoms. The number of hydrogen-bond donors (Lipinski definition) is 2. The van der Waals surface area contributed by atoms with Gasteiger partial charge in [0.2, 0.25) is 11.7 Å². The number of carboxylic acids is 1. The quantitative estimate of drug-likeness (QED) is 0.472. The number of aromatic amines is 1. The van der Waals surface area contributed by atoms with Crippen LogP contribution in [-0.2, 0) is 21.7 Å². The summed E-state index contributed by atoms with van der Waals surface area (Å²) in [4.78, 5) is 26.7. The van der Waals surface area contributed by atoms with Gasteiger partial charge in [-0.25, -0.2) is 0 Å². The molecule has 1 aromatic heterocycles. The van der Waals surface area contributed by atoms with Crippen molar-refractivity contribution in [2.75, 3.05) is 24.5 Å². The highest BCUT2D eigenvalue weighted by molar-refractivity contribution is 5.94. The van der Waals surface area contributed by atoms with Crippen LogP contribution in [0.15, 0.2) is 60.7 Å². The van der Waals surface area contributed by atoms with Gasteiger partial charge in [0, 0.05) is 30.5 Å². The summed E-state index contributed by atoms with van der Waals surface area (Å²) in [6, 6.07) is 19.8. The Morgan fingerprint density at radius 1 is 1.06 bits per heavy atom. The van der Waals surface area contributed by atoms with E-state index in [0.29, 0.717) is 49.2 Å². The van der Waals surface area contributed by atoms with Crippen LogP contribution >= 0.6 is 0 Å². The molecule has 0 bridgehead atoms. The van der Waals surface area contributed by atoms with E-state index in [1.807, 2.05) is 60.4 Å². The number of carbonyl (C=O) groups is 2. The minimum Gasteiger partial charge on any atom is -0.481 e. The first-order valence-electron chi connectivity index (χ1n) is 11.7.